The summed E-state index contributed by atoms with van der Waals surface area (Å²) in [6.07, 6.45) is 0.902. The van der Waals surface area contributed by atoms with Crippen LogP contribution in [-0.2, 0) is 10.0 Å². The Morgan fingerprint density at radius 2 is 1.56 bits per heavy atom. The van der Waals surface area contributed by atoms with Gasteiger partial charge in [-0.1, -0.05) is 13.8 Å². The van der Waals surface area contributed by atoms with E-state index in [1.165, 1.54) is 0 Å². The largest absolute Gasteiger partial charge is 0.418 e. The SMILES string of the molecule is CCC(CC)(O[SiH3])c1c(F)cc(F)cc1F. The molecule has 1 aromatic carbocycles. The van der Waals surface area contributed by atoms with Crippen molar-refractivity contribution in [1.29, 1.82) is 0 Å². The van der Waals surface area contributed by atoms with Crippen LogP contribution in [0.4, 0.5) is 13.2 Å². The number of halogens is 3. The van der Waals surface area contributed by atoms with Gasteiger partial charge in [0.05, 0.1) is 11.2 Å². The number of hydrogen-bond donors (Lipinski definition) is 0. The Labute approximate surface area is 96.2 Å². The Morgan fingerprint density at radius 1 is 1.12 bits per heavy atom. The third-order valence-corrected chi connectivity index (χ3v) is 3.78. The van der Waals surface area contributed by atoms with E-state index in [4.69, 9.17) is 4.43 Å². The Morgan fingerprint density at radius 3 is 1.88 bits per heavy atom. The Hall–Kier alpha value is -0.813. The lowest BCUT2D eigenvalue weighted by atomic mass is 9.88. The molecule has 0 heterocycles. The molecule has 0 unspecified atom stereocenters. The van der Waals surface area contributed by atoms with Gasteiger partial charge in [-0.25, -0.2) is 13.2 Å². The molecule has 0 saturated heterocycles. The van der Waals surface area contributed by atoms with E-state index in [1.807, 2.05) is 0 Å². The van der Waals surface area contributed by atoms with E-state index >= 15 is 0 Å². The molecule has 0 N–H and O–H groups in total. The van der Waals surface area contributed by atoms with Crippen LogP contribution in [0.5, 0.6) is 0 Å². The molecule has 0 spiro atoms. The van der Waals surface area contributed by atoms with Crippen LogP contribution in [0.25, 0.3) is 0 Å². The molecule has 1 rings (SSSR count). The molecule has 0 atom stereocenters. The minimum atomic E-state index is -0.964. The number of benzene rings is 1. The molecule has 16 heavy (non-hydrogen) atoms. The first-order chi connectivity index (χ1) is 7.50. The second kappa shape index (κ2) is 5.01. The van der Waals surface area contributed by atoms with E-state index in [9.17, 15) is 13.2 Å². The number of rotatable bonds is 4. The molecule has 0 radical (unpaired) electrons. The van der Waals surface area contributed by atoms with Crippen LogP contribution in [-0.4, -0.2) is 10.5 Å². The maximum absolute atomic E-state index is 13.6. The summed E-state index contributed by atoms with van der Waals surface area (Å²) in [5.74, 6) is -2.66. The van der Waals surface area contributed by atoms with Crippen molar-refractivity contribution in [2.24, 2.45) is 0 Å². The highest BCUT2D eigenvalue weighted by molar-refractivity contribution is 5.98. The highest BCUT2D eigenvalue weighted by Crippen LogP contribution is 2.35. The third-order valence-electron chi connectivity index (χ3n) is 3.00. The highest BCUT2D eigenvalue weighted by Gasteiger charge is 2.33. The van der Waals surface area contributed by atoms with Gasteiger partial charge in [-0.15, -0.1) is 0 Å². The number of hydrogen-bond acceptors (Lipinski definition) is 1. The van der Waals surface area contributed by atoms with Crippen molar-refractivity contribution in [3.63, 3.8) is 0 Å². The summed E-state index contributed by atoms with van der Waals surface area (Å²) in [7, 11) is 0.367. The molecule has 0 bridgehead atoms. The summed E-state index contributed by atoms with van der Waals surface area (Å²) >= 11 is 0. The molecular weight excluding hydrogens is 233 g/mol. The topological polar surface area (TPSA) is 9.23 Å². The van der Waals surface area contributed by atoms with Gasteiger partial charge < -0.3 is 4.43 Å². The Bertz CT molecular complexity index is 346. The molecule has 1 nitrogen and oxygen atoms in total. The van der Waals surface area contributed by atoms with E-state index in [0.717, 1.165) is 0 Å². The van der Waals surface area contributed by atoms with E-state index in [2.05, 4.69) is 0 Å². The molecule has 0 aliphatic carbocycles. The molecule has 0 aromatic heterocycles. The van der Waals surface area contributed by atoms with Gasteiger partial charge in [0.15, 0.2) is 0 Å². The van der Waals surface area contributed by atoms with Crippen LogP contribution in [0, 0.1) is 17.5 Å². The lowest BCUT2D eigenvalue weighted by Crippen LogP contribution is -2.30. The van der Waals surface area contributed by atoms with Crippen LogP contribution in [0.3, 0.4) is 0 Å². The zero-order valence-electron chi connectivity index (χ0n) is 9.61. The van der Waals surface area contributed by atoms with Crippen molar-refractivity contribution >= 4 is 10.5 Å². The summed E-state index contributed by atoms with van der Waals surface area (Å²) in [4.78, 5) is 0. The predicted octanol–water partition coefficient (Wildman–Crippen LogP) is 2.42. The van der Waals surface area contributed by atoms with Crippen molar-refractivity contribution in [2.75, 3.05) is 0 Å². The van der Waals surface area contributed by atoms with Gasteiger partial charge in [-0.05, 0) is 12.8 Å². The van der Waals surface area contributed by atoms with Gasteiger partial charge in [0, 0.05) is 12.1 Å². The lowest BCUT2D eigenvalue weighted by molar-refractivity contribution is 0.0599. The summed E-state index contributed by atoms with van der Waals surface area (Å²) in [5, 5.41) is 0. The fraction of sp³-hybridized carbons (Fsp3) is 0.455. The van der Waals surface area contributed by atoms with Crippen LogP contribution >= 0.6 is 0 Å². The van der Waals surface area contributed by atoms with Crippen LogP contribution in [0.1, 0.15) is 32.3 Å². The summed E-state index contributed by atoms with van der Waals surface area (Å²) < 4.78 is 45.4. The lowest BCUT2D eigenvalue weighted by Gasteiger charge is -2.32. The van der Waals surface area contributed by atoms with Crippen LogP contribution in [0.2, 0.25) is 0 Å². The summed E-state index contributed by atoms with van der Waals surface area (Å²) in [6.45, 7) is 3.59. The normalized spacial score (nSPS) is 12.1. The molecule has 1 aromatic rings. The van der Waals surface area contributed by atoms with Crippen LogP contribution < -0.4 is 0 Å². The van der Waals surface area contributed by atoms with Gasteiger partial charge in [0.2, 0.25) is 0 Å². The highest BCUT2D eigenvalue weighted by atomic mass is 28.2. The quantitative estimate of drug-likeness (QED) is 0.744. The molecule has 0 saturated carbocycles. The second-order valence-corrected chi connectivity index (χ2v) is 4.06. The van der Waals surface area contributed by atoms with Gasteiger partial charge in [-0.2, -0.15) is 0 Å². The Kier molecular flexibility index (Phi) is 4.15. The third kappa shape index (κ3) is 2.15. The van der Waals surface area contributed by atoms with Crippen molar-refractivity contribution in [3.05, 3.63) is 35.1 Å². The average molecular weight is 248 g/mol. The Balaban J connectivity index is 3.40. The first-order valence-corrected chi connectivity index (χ1v) is 6.02. The monoisotopic (exact) mass is 248 g/mol. The summed E-state index contributed by atoms with van der Waals surface area (Å²) in [6, 6.07) is 1.39. The van der Waals surface area contributed by atoms with Gasteiger partial charge in [0.1, 0.15) is 27.9 Å². The fourth-order valence-corrected chi connectivity index (χ4v) is 2.75. The second-order valence-electron chi connectivity index (χ2n) is 3.65. The fourth-order valence-electron chi connectivity index (χ4n) is 1.97. The van der Waals surface area contributed by atoms with Crippen molar-refractivity contribution < 1.29 is 17.6 Å². The van der Waals surface area contributed by atoms with E-state index in [1.54, 1.807) is 13.8 Å². The molecule has 0 amide bonds. The molecule has 90 valence electrons. The first-order valence-electron chi connectivity index (χ1n) is 5.21. The van der Waals surface area contributed by atoms with Gasteiger partial charge in [-0.3, -0.25) is 0 Å². The molecule has 0 fully saturated rings. The molecular formula is C11H15F3OSi. The maximum atomic E-state index is 13.6. The average Bonchev–Trinajstić information content (AvgIpc) is 2.23. The van der Waals surface area contributed by atoms with Crippen molar-refractivity contribution in [2.45, 2.75) is 32.3 Å². The summed E-state index contributed by atoms with van der Waals surface area (Å²) in [5.41, 5.74) is -1.12. The van der Waals surface area contributed by atoms with E-state index in [-0.39, 0.29) is 5.56 Å². The van der Waals surface area contributed by atoms with Gasteiger partial charge in [0.25, 0.3) is 0 Å². The molecule has 5 heteroatoms. The van der Waals surface area contributed by atoms with Crippen molar-refractivity contribution in [1.82, 2.24) is 0 Å². The standard InChI is InChI=1S/C11H15F3OSi/c1-3-11(4-2,15-16)10-8(13)5-7(12)6-9(10)14/h5-6H,3-4H2,1-2,16H3. The van der Waals surface area contributed by atoms with Crippen LogP contribution in [0.15, 0.2) is 12.1 Å². The predicted molar refractivity (Wildman–Crippen MR) is 59.6 cm³/mol. The smallest absolute Gasteiger partial charge is 0.147 e. The van der Waals surface area contributed by atoms with Gasteiger partial charge >= 0.3 is 0 Å². The first kappa shape index (κ1) is 13.3. The zero-order valence-corrected chi connectivity index (χ0v) is 11.6. The van der Waals surface area contributed by atoms with Crippen molar-refractivity contribution in [3.8, 4) is 0 Å². The molecule has 0 aliphatic heterocycles. The minimum Gasteiger partial charge on any atom is -0.418 e. The van der Waals surface area contributed by atoms with E-state index < -0.39 is 23.1 Å². The zero-order chi connectivity index (χ0) is 12.3. The molecule has 0 aliphatic rings. The van der Waals surface area contributed by atoms with E-state index in [0.29, 0.717) is 35.5 Å². The maximum Gasteiger partial charge on any atom is 0.147 e. The minimum absolute atomic E-state index is 0.158.